The first-order chi connectivity index (χ1) is 8.02. The van der Waals surface area contributed by atoms with Crippen LogP contribution in [0.25, 0.3) is 0 Å². The van der Waals surface area contributed by atoms with Gasteiger partial charge in [0.05, 0.1) is 17.2 Å². The van der Waals surface area contributed by atoms with E-state index in [2.05, 4.69) is 21.2 Å². The van der Waals surface area contributed by atoms with Gasteiger partial charge in [0.2, 0.25) is 0 Å². The standard InChI is InChI=1S/C12H16BrNO3/c1-4-16-11-6-5-9(7-10(11)13)14-12(15)17-8(2)3/h5-8H,4H2,1-3H3,(H,14,15). The fourth-order valence-electron chi connectivity index (χ4n) is 1.21. The summed E-state index contributed by atoms with van der Waals surface area (Å²) in [6.45, 7) is 6.11. The molecule has 0 aliphatic rings. The summed E-state index contributed by atoms with van der Waals surface area (Å²) in [5.41, 5.74) is 0.658. The van der Waals surface area contributed by atoms with Crippen LogP contribution in [-0.4, -0.2) is 18.8 Å². The highest BCUT2D eigenvalue weighted by Gasteiger charge is 2.07. The Morgan fingerprint density at radius 2 is 2.18 bits per heavy atom. The summed E-state index contributed by atoms with van der Waals surface area (Å²) in [6.07, 6.45) is -0.600. The van der Waals surface area contributed by atoms with Crippen LogP contribution in [0.2, 0.25) is 0 Å². The average Bonchev–Trinajstić information content (AvgIpc) is 2.21. The number of hydrogen-bond acceptors (Lipinski definition) is 3. The quantitative estimate of drug-likeness (QED) is 0.920. The van der Waals surface area contributed by atoms with Gasteiger partial charge in [-0.2, -0.15) is 0 Å². The molecule has 0 unspecified atom stereocenters. The number of hydrogen-bond donors (Lipinski definition) is 1. The van der Waals surface area contributed by atoms with E-state index in [9.17, 15) is 4.79 Å². The van der Waals surface area contributed by atoms with Crippen LogP contribution >= 0.6 is 15.9 Å². The maximum Gasteiger partial charge on any atom is 0.411 e. The second kappa shape index (κ2) is 6.49. The molecule has 1 aromatic rings. The van der Waals surface area contributed by atoms with Gasteiger partial charge in [0.15, 0.2) is 0 Å². The van der Waals surface area contributed by atoms with Gasteiger partial charge in [-0.05, 0) is 54.9 Å². The van der Waals surface area contributed by atoms with Crippen LogP contribution in [0.15, 0.2) is 22.7 Å². The molecule has 0 spiro atoms. The van der Waals surface area contributed by atoms with Crippen LogP contribution in [0, 0.1) is 0 Å². The van der Waals surface area contributed by atoms with Crippen molar-refractivity contribution in [1.29, 1.82) is 0 Å². The number of amides is 1. The Balaban J connectivity index is 2.67. The summed E-state index contributed by atoms with van der Waals surface area (Å²) in [7, 11) is 0. The number of halogens is 1. The lowest BCUT2D eigenvalue weighted by Crippen LogP contribution is -2.17. The highest BCUT2D eigenvalue weighted by atomic mass is 79.9. The van der Waals surface area contributed by atoms with Crippen LogP contribution in [-0.2, 0) is 4.74 Å². The van der Waals surface area contributed by atoms with Crippen molar-refractivity contribution in [2.24, 2.45) is 0 Å². The van der Waals surface area contributed by atoms with Crippen molar-refractivity contribution >= 4 is 27.7 Å². The molecule has 1 N–H and O–H groups in total. The zero-order valence-corrected chi connectivity index (χ0v) is 11.7. The van der Waals surface area contributed by atoms with Crippen molar-refractivity contribution < 1.29 is 14.3 Å². The van der Waals surface area contributed by atoms with Gasteiger partial charge in [0, 0.05) is 5.69 Å². The molecule has 0 saturated carbocycles. The highest BCUT2D eigenvalue weighted by Crippen LogP contribution is 2.28. The molecular weight excluding hydrogens is 286 g/mol. The fraction of sp³-hybridized carbons (Fsp3) is 0.417. The second-order valence-electron chi connectivity index (χ2n) is 3.66. The Morgan fingerprint density at radius 3 is 2.71 bits per heavy atom. The predicted molar refractivity (Wildman–Crippen MR) is 70.6 cm³/mol. The van der Waals surface area contributed by atoms with Crippen molar-refractivity contribution in [3.63, 3.8) is 0 Å². The van der Waals surface area contributed by atoms with Gasteiger partial charge in [0.25, 0.3) is 0 Å². The third-order valence-electron chi connectivity index (χ3n) is 1.82. The Labute approximate surface area is 109 Å². The third kappa shape index (κ3) is 4.65. The summed E-state index contributed by atoms with van der Waals surface area (Å²) in [5, 5.41) is 2.64. The molecule has 0 heterocycles. The molecule has 5 heteroatoms. The van der Waals surface area contributed by atoms with Crippen molar-refractivity contribution in [2.45, 2.75) is 26.9 Å². The minimum Gasteiger partial charge on any atom is -0.493 e. The van der Waals surface area contributed by atoms with Gasteiger partial charge < -0.3 is 9.47 Å². The molecular formula is C12H16BrNO3. The molecule has 1 rings (SSSR count). The van der Waals surface area contributed by atoms with Gasteiger partial charge in [-0.3, -0.25) is 5.32 Å². The summed E-state index contributed by atoms with van der Waals surface area (Å²) in [5.74, 6) is 0.746. The number of carbonyl (C=O) groups is 1. The summed E-state index contributed by atoms with van der Waals surface area (Å²) >= 11 is 3.37. The Kier molecular flexibility index (Phi) is 5.28. The zero-order valence-electron chi connectivity index (χ0n) is 10.1. The lowest BCUT2D eigenvalue weighted by Gasteiger charge is -2.11. The third-order valence-corrected chi connectivity index (χ3v) is 2.44. The maximum atomic E-state index is 11.4. The zero-order chi connectivity index (χ0) is 12.8. The molecule has 0 aliphatic carbocycles. The van der Waals surface area contributed by atoms with E-state index >= 15 is 0 Å². The van der Waals surface area contributed by atoms with Gasteiger partial charge in [-0.15, -0.1) is 0 Å². The van der Waals surface area contributed by atoms with Crippen LogP contribution in [0.3, 0.4) is 0 Å². The molecule has 0 radical (unpaired) electrons. The number of carbonyl (C=O) groups excluding carboxylic acids is 1. The fourth-order valence-corrected chi connectivity index (χ4v) is 1.71. The first-order valence-corrected chi connectivity index (χ1v) is 6.22. The largest absolute Gasteiger partial charge is 0.493 e. The topological polar surface area (TPSA) is 47.6 Å². The molecule has 1 aromatic carbocycles. The second-order valence-corrected chi connectivity index (χ2v) is 4.51. The lowest BCUT2D eigenvalue weighted by molar-refractivity contribution is 0.130. The molecule has 0 aliphatic heterocycles. The van der Waals surface area contributed by atoms with Crippen molar-refractivity contribution in [1.82, 2.24) is 0 Å². The van der Waals surface area contributed by atoms with E-state index in [-0.39, 0.29) is 6.10 Å². The molecule has 0 fully saturated rings. The van der Waals surface area contributed by atoms with Gasteiger partial charge in [0.1, 0.15) is 5.75 Å². The van der Waals surface area contributed by atoms with E-state index < -0.39 is 6.09 Å². The van der Waals surface area contributed by atoms with Crippen molar-refractivity contribution in [3.05, 3.63) is 22.7 Å². The van der Waals surface area contributed by atoms with E-state index in [1.54, 1.807) is 32.0 Å². The van der Waals surface area contributed by atoms with Crippen LogP contribution in [0.5, 0.6) is 5.75 Å². The van der Waals surface area contributed by atoms with Crippen molar-refractivity contribution in [2.75, 3.05) is 11.9 Å². The smallest absolute Gasteiger partial charge is 0.411 e. The van der Waals surface area contributed by atoms with Crippen LogP contribution in [0.4, 0.5) is 10.5 Å². The Morgan fingerprint density at radius 1 is 1.47 bits per heavy atom. The first-order valence-electron chi connectivity index (χ1n) is 5.43. The van der Waals surface area contributed by atoms with Crippen LogP contribution < -0.4 is 10.1 Å². The van der Waals surface area contributed by atoms with E-state index in [0.29, 0.717) is 12.3 Å². The van der Waals surface area contributed by atoms with Crippen molar-refractivity contribution in [3.8, 4) is 5.75 Å². The molecule has 17 heavy (non-hydrogen) atoms. The summed E-state index contributed by atoms with van der Waals surface area (Å²) < 4.78 is 11.1. The predicted octanol–water partition coefficient (Wildman–Crippen LogP) is 3.80. The average molecular weight is 302 g/mol. The number of rotatable bonds is 4. The molecule has 94 valence electrons. The van der Waals surface area contributed by atoms with Gasteiger partial charge in [-0.25, -0.2) is 4.79 Å². The maximum absolute atomic E-state index is 11.4. The number of ether oxygens (including phenoxy) is 2. The number of anilines is 1. The molecule has 4 nitrogen and oxygen atoms in total. The molecule has 0 saturated heterocycles. The Hall–Kier alpha value is -1.23. The van der Waals surface area contributed by atoms with Crippen LogP contribution in [0.1, 0.15) is 20.8 Å². The molecule has 0 bridgehead atoms. The Bertz CT molecular complexity index is 393. The molecule has 1 amide bonds. The normalized spacial score (nSPS) is 10.2. The molecule has 0 atom stereocenters. The van der Waals surface area contributed by atoms with E-state index in [4.69, 9.17) is 9.47 Å². The minimum atomic E-state index is -0.462. The number of benzene rings is 1. The number of nitrogens with one attached hydrogen (secondary N) is 1. The monoisotopic (exact) mass is 301 g/mol. The summed E-state index contributed by atoms with van der Waals surface area (Å²) in [6, 6.07) is 5.32. The van der Waals surface area contributed by atoms with E-state index in [1.807, 2.05) is 6.92 Å². The summed E-state index contributed by atoms with van der Waals surface area (Å²) in [4.78, 5) is 11.4. The molecule has 0 aromatic heterocycles. The lowest BCUT2D eigenvalue weighted by atomic mass is 10.3. The minimum absolute atomic E-state index is 0.138. The SMILES string of the molecule is CCOc1ccc(NC(=O)OC(C)C)cc1Br. The van der Waals surface area contributed by atoms with Gasteiger partial charge in [-0.1, -0.05) is 0 Å². The first kappa shape index (κ1) is 13.8. The highest BCUT2D eigenvalue weighted by molar-refractivity contribution is 9.10. The van der Waals surface area contributed by atoms with E-state index in [0.717, 1.165) is 10.2 Å². The van der Waals surface area contributed by atoms with Gasteiger partial charge >= 0.3 is 6.09 Å². The van der Waals surface area contributed by atoms with E-state index in [1.165, 1.54) is 0 Å².